The highest BCUT2D eigenvalue weighted by Crippen LogP contribution is 2.37. The SMILES string of the molecule is CC.CSc1cc(-c2nc(C)sc2C)ccc1Nc1cc(Nc2cc(C)nc(C)n2)nc2c1nc(C)n2C. The number of thiazole rings is 1. The molecule has 1 aromatic carbocycles. The predicted octanol–water partition coefficient (Wildman–Crippen LogP) is 7.66. The summed E-state index contributed by atoms with van der Waals surface area (Å²) in [4.78, 5) is 25.6. The molecule has 0 aliphatic carbocycles. The van der Waals surface area contributed by atoms with Crippen molar-refractivity contribution in [2.24, 2.45) is 7.05 Å². The fourth-order valence-corrected chi connectivity index (χ4v) is 5.64. The zero-order chi connectivity index (χ0) is 27.6. The van der Waals surface area contributed by atoms with E-state index in [4.69, 9.17) is 15.0 Å². The van der Waals surface area contributed by atoms with E-state index in [0.717, 1.165) is 55.2 Å². The summed E-state index contributed by atoms with van der Waals surface area (Å²) in [5.41, 5.74) is 6.56. The van der Waals surface area contributed by atoms with Gasteiger partial charge in [0.15, 0.2) is 5.65 Å². The Hall–Kier alpha value is -3.50. The van der Waals surface area contributed by atoms with Gasteiger partial charge in [0.25, 0.3) is 0 Å². The van der Waals surface area contributed by atoms with Gasteiger partial charge >= 0.3 is 0 Å². The van der Waals surface area contributed by atoms with Crippen LogP contribution in [-0.2, 0) is 7.05 Å². The Morgan fingerprint density at radius 1 is 0.816 bits per heavy atom. The number of benzene rings is 1. The van der Waals surface area contributed by atoms with E-state index >= 15 is 0 Å². The lowest BCUT2D eigenvalue weighted by molar-refractivity contribution is 0.874. The van der Waals surface area contributed by atoms with Gasteiger partial charge in [0.1, 0.15) is 28.8 Å². The molecule has 2 N–H and O–H groups in total. The number of imidazole rings is 1. The Bertz CT molecular complexity index is 1580. The summed E-state index contributed by atoms with van der Waals surface area (Å²) in [6.45, 7) is 14.0. The maximum Gasteiger partial charge on any atom is 0.164 e. The molecule has 0 fully saturated rings. The first-order chi connectivity index (χ1) is 18.2. The minimum Gasteiger partial charge on any atom is -0.353 e. The van der Waals surface area contributed by atoms with Crippen LogP contribution in [0.3, 0.4) is 0 Å². The van der Waals surface area contributed by atoms with Crippen molar-refractivity contribution in [3.63, 3.8) is 0 Å². The number of rotatable bonds is 6. The molecule has 0 saturated carbocycles. The van der Waals surface area contributed by atoms with Gasteiger partial charge in [-0.05, 0) is 53.0 Å². The Morgan fingerprint density at radius 2 is 1.55 bits per heavy atom. The molecule has 0 aliphatic heterocycles. The summed E-state index contributed by atoms with van der Waals surface area (Å²) >= 11 is 3.43. The normalized spacial score (nSPS) is 10.9. The largest absolute Gasteiger partial charge is 0.353 e. The summed E-state index contributed by atoms with van der Waals surface area (Å²) in [5, 5.41) is 8.06. The van der Waals surface area contributed by atoms with Gasteiger partial charge in [-0.1, -0.05) is 19.9 Å². The van der Waals surface area contributed by atoms with E-state index in [9.17, 15) is 0 Å². The fourth-order valence-electron chi connectivity index (χ4n) is 4.21. The minimum atomic E-state index is 0.682. The molecule has 38 heavy (non-hydrogen) atoms. The zero-order valence-electron chi connectivity index (χ0n) is 23.4. The van der Waals surface area contributed by atoms with Crippen LogP contribution < -0.4 is 10.6 Å². The molecule has 4 heterocycles. The Labute approximate surface area is 232 Å². The van der Waals surface area contributed by atoms with Crippen molar-refractivity contribution < 1.29 is 0 Å². The molecule has 0 aliphatic rings. The Balaban J connectivity index is 0.00000164. The van der Waals surface area contributed by atoms with Crippen LogP contribution in [0.5, 0.6) is 0 Å². The lowest BCUT2D eigenvalue weighted by Gasteiger charge is -2.14. The highest BCUT2D eigenvalue weighted by molar-refractivity contribution is 7.98. The number of pyridine rings is 1. The van der Waals surface area contributed by atoms with E-state index in [-0.39, 0.29) is 0 Å². The molecule has 198 valence electrons. The van der Waals surface area contributed by atoms with E-state index in [1.807, 2.05) is 65.3 Å². The molecule has 0 unspecified atom stereocenters. The van der Waals surface area contributed by atoms with Crippen molar-refractivity contribution in [3.05, 3.63) is 57.6 Å². The molecule has 10 heteroatoms. The summed E-state index contributed by atoms with van der Waals surface area (Å²) in [7, 11) is 1.98. The lowest BCUT2D eigenvalue weighted by Crippen LogP contribution is -2.03. The molecule has 0 radical (unpaired) electrons. The highest BCUT2D eigenvalue weighted by Gasteiger charge is 2.16. The topological polar surface area (TPSA) is 93.4 Å². The van der Waals surface area contributed by atoms with Crippen LogP contribution in [0.2, 0.25) is 0 Å². The van der Waals surface area contributed by atoms with Crippen molar-refractivity contribution >= 4 is 57.3 Å². The highest BCUT2D eigenvalue weighted by atomic mass is 32.2. The molecular formula is C28H34N8S2. The predicted molar refractivity (Wildman–Crippen MR) is 161 cm³/mol. The van der Waals surface area contributed by atoms with Crippen molar-refractivity contribution in [2.75, 3.05) is 16.9 Å². The van der Waals surface area contributed by atoms with Gasteiger partial charge in [-0.25, -0.2) is 24.9 Å². The zero-order valence-corrected chi connectivity index (χ0v) is 25.0. The smallest absolute Gasteiger partial charge is 0.164 e. The average molecular weight is 547 g/mol. The number of aryl methyl sites for hydroxylation is 6. The van der Waals surface area contributed by atoms with Crippen LogP contribution in [-0.4, -0.2) is 35.7 Å². The minimum absolute atomic E-state index is 0.682. The number of nitrogens with one attached hydrogen (secondary N) is 2. The van der Waals surface area contributed by atoms with Crippen LogP contribution in [0.1, 0.15) is 41.1 Å². The van der Waals surface area contributed by atoms with Gasteiger partial charge in [-0.3, -0.25) is 0 Å². The molecule has 0 atom stereocenters. The summed E-state index contributed by atoms with van der Waals surface area (Å²) in [6.07, 6.45) is 2.09. The molecule has 8 nitrogen and oxygen atoms in total. The third-order valence-corrected chi connectivity index (χ3v) is 7.58. The second-order valence-electron chi connectivity index (χ2n) is 8.69. The Morgan fingerprint density at radius 3 is 2.21 bits per heavy atom. The van der Waals surface area contributed by atoms with E-state index in [1.54, 1.807) is 23.1 Å². The number of anilines is 4. The van der Waals surface area contributed by atoms with Gasteiger partial charge in [-0.2, -0.15) is 0 Å². The molecule has 0 bridgehead atoms. The van der Waals surface area contributed by atoms with Crippen LogP contribution in [0.4, 0.5) is 23.0 Å². The van der Waals surface area contributed by atoms with Crippen molar-refractivity contribution in [3.8, 4) is 11.3 Å². The van der Waals surface area contributed by atoms with Gasteiger partial charge in [0, 0.05) is 40.2 Å². The van der Waals surface area contributed by atoms with Crippen LogP contribution >= 0.6 is 23.1 Å². The third-order valence-electron chi connectivity index (χ3n) is 5.92. The second kappa shape index (κ2) is 11.5. The van der Waals surface area contributed by atoms with Crippen molar-refractivity contribution in [1.29, 1.82) is 0 Å². The maximum atomic E-state index is 4.84. The van der Waals surface area contributed by atoms with Crippen LogP contribution in [0.25, 0.3) is 22.4 Å². The Kier molecular flexibility index (Phi) is 8.32. The van der Waals surface area contributed by atoms with Crippen molar-refractivity contribution in [2.45, 2.75) is 53.4 Å². The molecule has 5 rings (SSSR count). The standard InChI is InChI=1S/C26H28N8S2.C2H6/c1-13-10-22(28-15(3)27-13)32-23-12-20(25-26(33-23)34(6)16(4)29-25)31-19-9-8-18(11-21(19)35-7)24-14(2)36-17(5)30-24;1-2/h8-12H,1-7H3,(H2,27,28,31,32,33);1-2H3. The van der Waals surface area contributed by atoms with Gasteiger partial charge in [0.05, 0.1) is 22.1 Å². The molecule has 4 aromatic heterocycles. The number of hydrogen-bond donors (Lipinski definition) is 2. The van der Waals surface area contributed by atoms with Crippen LogP contribution in [0, 0.1) is 34.6 Å². The van der Waals surface area contributed by atoms with E-state index in [1.165, 1.54) is 4.88 Å². The van der Waals surface area contributed by atoms with Gasteiger partial charge < -0.3 is 15.2 Å². The fraction of sp³-hybridized carbons (Fsp3) is 0.321. The monoisotopic (exact) mass is 546 g/mol. The summed E-state index contributed by atoms with van der Waals surface area (Å²) in [5.74, 6) is 2.99. The molecule has 0 saturated heterocycles. The van der Waals surface area contributed by atoms with E-state index in [0.29, 0.717) is 17.5 Å². The second-order valence-corrected chi connectivity index (χ2v) is 10.9. The van der Waals surface area contributed by atoms with E-state index < -0.39 is 0 Å². The lowest BCUT2D eigenvalue weighted by atomic mass is 10.1. The molecule has 0 spiro atoms. The summed E-state index contributed by atoms with van der Waals surface area (Å²) < 4.78 is 1.99. The molecule has 0 amide bonds. The number of thioether (sulfide) groups is 1. The van der Waals surface area contributed by atoms with Crippen LogP contribution in [0.15, 0.2) is 35.2 Å². The molecular weight excluding hydrogens is 512 g/mol. The number of nitrogens with zero attached hydrogens (tertiary/aromatic N) is 6. The third kappa shape index (κ3) is 5.66. The number of aromatic nitrogens is 6. The number of fused-ring (bicyclic) bond motifs is 1. The first kappa shape index (κ1) is 27.5. The first-order valence-electron chi connectivity index (χ1n) is 12.5. The van der Waals surface area contributed by atoms with E-state index in [2.05, 4.69) is 52.0 Å². The van der Waals surface area contributed by atoms with Crippen molar-refractivity contribution in [1.82, 2.24) is 29.5 Å². The number of hydrogen-bond acceptors (Lipinski definition) is 9. The first-order valence-corrected chi connectivity index (χ1v) is 14.6. The van der Waals surface area contributed by atoms with Gasteiger partial charge in [-0.15, -0.1) is 23.1 Å². The quantitative estimate of drug-likeness (QED) is 0.210. The molecule has 5 aromatic rings. The summed E-state index contributed by atoms with van der Waals surface area (Å²) in [6, 6.07) is 10.3. The average Bonchev–Trinajstić information content (AvgIpc) is 3.37. The van der Waals surface area contributed by atoms with Gasteiger partial charge in [0.2, 0.25) is 0 Å². The maximum absolute atomic E-state index is 4.84.